The summed E-state index contributed by atoms with van der Waals surface area (Å²) in [5.74, 6) is 0.266. The molecule has 8 heteroatoms. The second-order valence-corrected chi connectivity index (χ2v) is 5.20. The molecule has 2 aromatic rings. The highest BCUT2D eigenvalue weighted by Gasteiger charge is 2.17. The largest absolute Gasteiger partial charge is 0.495 e. The minimum Gasteiger partial charge on any atom is -0.495 e. The predicted octanol–water partition coefficient (Wildman–Crippen LogP) is 1.09. The average Bonchev–Trinajstić information content (AvgIpc) is 2.93. The van der Waals surface area contributed by atoms with Gasteiger partial charge in [0.25, 0.3) is 10.0 Å². The Morgan fingerprint density at radius 1 is 1.42 bits per heavy atom. The number of ether oxygens (including phenoxy) is 1. The van der Waals surface area contributed by atoms with E-state index in [2.05, 4.69) is 14.9 Å². The molecular weight excluding hydrogens is 268 g/mol. The molecule has 0 aliphatic rings. The van der Waals surface area contributed by atoms with Crippen molar-refractivity contribution in [1.82, 2.24) is 10.2 Å². The third kappa shape index (κ3) is 2.66. The minimum atomic E-state index is -3.75. The number of methoxy groups -OCH3 is 1. The molecule has 0 spiro atoms. The zero-order valence-electron chi connectivity index (χ0n) is 9.91. The van der Waals surface area contributed by atoms with E-state index in [0.29, 0.717) is 5.56 Å². The van der Waals surface area contributed by atoms with Crippen LogP contribution in [0, 0.1) is 11.3 Å². The van der Waals surface area contributed by atoms with Gasteiger partial charge in [0.15, 0.2) is 5.03 Å². The zero-order chi connectivity index (χ0) is 13.9. The normalized spacial score (nSPS) is 10.7. The molecule has 1 aromatic carbocycles. The summed E-state index contributed by atoms with van der Waals surface area (Å²) < 4.78 is 31.4. The smallest absolute Gasteiger partial charge is 0.278 e. The van der Waals surface area contributed by atoms with Gasteiger partial charge >= 0.3 is 0 Å². The van der Waals surface area contributed by atoms with Crippen LogP contribution in [0.5, 0.6) is 5.75 Å². The summed E-state index contributed by atoms with van der Waals surface area (Å²) in [6.45, 7) is 0. The Kier molecular flexibility index (Phi) is 3.39. The van der Waals surface area contributed by atoms with Crippen molar-refractivity contribution in [2.75, 3.05) is 11.8 Å². The summed E-state index contributed by atoms with van der Waals surface area (Å²) in [5.41, 5.74) is 0.623. The fourth-order valence-corrected chi connectivity index (χ4v) is 2.42. The van der Waals surface area contributed by atoms with Gasteiger partial charge in [0, 0.05) is 6.07 Å². The molecule has 0 fully saturated rings. The first-order valence-corrected chi connectivity index (χ1v) is 6.65. The summed E-state index contributed by atoms with van der Waals surface area (Å²) in [5, 5.41) is 14.7. The van der Waals surface area contributed by atoms with Gasteiger partial charge in [-0.15, -0.1) is 0 Å². The average molecular weight is 278 g/mol. The Hall–Kier alpha value is -2.53. The molecule has 0 saturated heterocycles. The molecule has 0 atom stereocenters. The monoisotopic (exact) mass is 278 g/mol. The second-order valence-electron chi connectivity index (χ2n) is 3.55. The Bertz CT molecular complexity index is 717. The van der Waals surface area contributed by atoms with Gasteiger partial charge in [0.2, 0.25) is 0 Å². The van der Waals surface area contributed by atoms with Crippen molar-refractivity contribution < 1.29 is 13.2 Å². The Morgan fingerprint density at radius 3 is 2.79 bits per heavy atom. The van der Waals surface area contributed by atoms with Crippen LogP contribution >= 0.6 is 0 Å². The molecule has 1 aromatic heterocycles. The van der Waals surface area contributed by atoms with E-state index in [-0.39, 0.29) is 16.5 Å². The molecule has 0 saturated carbocycles. The van der Waals surface area contributed by atoms with E-state index >= 15 is 0 Å². The van der Waals surface area contributed by atoms with Gasteiger partial charge in [-0.2, -0.15) is 18.8 Å². The number of sulfonamides is 1. The molecule has 0 bridgehead atoms. The van der Waals surface area contributed by atoms with Gasteiger partial charge in [0.1, 0.15) is 5.75 Å². The third-order valence-electron chi connectivity index (χ3n) is 2.34. The maximum absolute atomic E-state index is 12.0. The van der Waals surface area contributed by atoms with E-state index in [1.165, 1.54) is 37.6 Å². The molecule has 0 unspecified atom stereocenters. The fraction of sp³-hybridized carbons (Fsp3) is 0.0909. The summed E-state index contributed by atoms with van der Waals surface area (Å²) in [6, 6.07) is 7.68. The molecule has 98 valence electrons. The number of nitrogens with zero attached hydrogens (tertiary/aromatic N) is 2. The highest BCUT2D eigenvalue weighted by atomic mass is 32.2. The molecule has 0 aliphatic heterocycles. The van der Waals surface area contributed by atoms with E-state index in [1.807, 2.05) is 6.07 Å². The second kappa shape index (κ2) is 4.99. The first kappa shape index (κ1) is 12.9. The quantitative estimate of drug-likeness (QED) is 0.870. The van der Waals surface area contributed by atoms with Gasteiger partial charge in [-0.25, -0.2) is 0 Å². The van der Waals surface area contributed by atoms with Crippen LogP contribution in [0.25, 0.3) is 0 Å². The van der Waals surface area contributed by atoms with Crippen molar-refractivity contribution >= 4 is 15.7 Å². The molecule has 7 nitrogen and oxygen atoms in total. The van der Waals surface area contributed by atoms with Crippen molar-refractivity contribution in [3.63, 3.8) is 0 Å². The van der Waals surface area contributed by atoms with Crippen molar-refractivity contribution in [3.8, 4) is 11.8 Å². The van der Waals surface area contributed by atoms with Gasteiger partial charge in [-0.3, -0.25) is 9.82 Å². The number of aromatic amines is 1. The van der Waals surface area contributed by atoms with E-state index < -0.39 is 10.0 Å². The summed E-state index contributed by atoms with van der Waals surface area (Å²) in [7, 11) is -2.36. The topological polar surface area (TPSA) is 108 Å². The van der Waals surface area contributed by atoms with Crippen LogP contribution < -0.4 is 9.46 Å². The highest BCUT2D eigenvalue weighted by Crippen LogP contribution is 2.27. The van der Waals surface area contributed by atoms with Crippen LogP contribution in [0.2, 0.25) is 0 Å². The molecule has 2 N–H and O–H groups in total. The lowest BCUT2D eigenvalue weighted by Crippen LogP contribution is -2.14. The van der Waals surface area contributed by atoms with Crippen LogP contribution in [-0.2, 0) is 10.0 Å². The van der Waals surface area contributed by atoms with Gasteiger partial charge < -0.3 is 4.74 Å². The van der Waals surface area contributed by atoms with Crippen LogP contribution in [-0.4, -0.2) is 25.7 Å². The third-order valence-corrected chi connectivity index (χ3v) is 3.63. The van der Waals surface area contributed by atoms with Crippen LogP contribution in [0.1, 0.15) is 5.56 Å². The van der Waals surface area contributed by atoms with E-state index in [9.17, 15) is 8.42 Å². The lowest BCUT2D eigenvalue weighted by Gasteiger charge is -2.10. The van der Waals surface area contributed by atoms with Crippen LogP contribution in [0.4, 0.5) is 5.69 Å². The van der Waals surface area contributed by atoms with Gasteiger partial charge in [-0.05, 0) is 18.2 Å². The number of aromatic nitrogens is 2. The lowest BCUT2D eigenvalue weighted by atomic mass is 10.2. The number of rotatable bonds is 4. The predicted molar refractivity (Wildman–Crippen MR) is 67.1 cm³/mol. The Balaban J connectivity index is 2.37. The van der Waals surface area contributed by atoms with Crippen molar-refractivity contribution in [3.05, 3.63) is 36.0 Å². The number of benzene rings is 1. The number of hydrogen-bond acceptors (Lipinski definition) is 5. The molecule has 2 rings (SSSR count). The molecule has 0 radical (unpaired) electrons. The number of nitriles is 1. The number of H-pyrrole nitrogens is 1. The van der Waals surface area contributed by atoms with Crippen molar-refractivity contribution in [2.24, 2.45) is 0 Å². The maximum Gasteiger partial charge on any atom is 0.278 e. The fourth-order valence-electron chi connectivity index (χ4n) is 1.44. The molecule has 19 heavy (non-hydrogen) atoms. The molecule has 1 heterocycles. The molecule has 0 amide bonds. The van der Waals surface area contributed by atoms with Gasteiger partial charge in [-0.1, -0.05) is 0 Å². The van der Waals surface area contributed by atoms with Crippen molar-refractivity contribution in [1.29, 1.82) is 5.26 Å². The standard InChI is InChI=1S/C11H10N4O3S/c1-18-10-6-8(7-12)2-3-9(10)15-19(16,17)11-4-5-13-14-11/h2-6,15H,1H3,(H,13,14). The highest BCUT2D eigenvalue weighted by molar-refractivity contribution is 7.92. The first-order valence-electron chi connectivity index (χ1n) is 5.17. The summed E-state index contributed by atoms with van der Waals surface area (Å²) >= 11 is 0. The van der Waals surface area contributed by atoms with E-state index in [0.717, 1.165) is 0 Å². The lowest BCUT2D eigenvalue weighted by molar-refractivity contribution is 0.416. The van der Waals surface area contributed by atoms with Crippen molar-refractivity contribution in [2.45, 2.75) is 5.03 Å². The van der Waals surface area contributed by atoms with Crippen LogP contribution in [0.3, 0.4) is 0 Å². The number of hydrogen-bond donors (Lipinski definition) is 2. The summed E-state index contributed by atoms with van der Waals surface area (Å²) in [4.78, 5) is 0. The molecule has 0 aliphatic carbocycles. The SMILES string of the molecule is COc1cc(C#N)ccc1NS(=O)(=O)c1ccn[nH]1. The Labute approximate surface area is 109 Å². The zero-order valence-corrected chi connectivity index (χ0v) is 10.7. The van der Waals surface area contributed by atoms with Crippen LogP contribution in [0.15, 0.2) is 35.5 Å². The molecular formula is C11H10N4O3S. The summed E-state index contributed by atoms with van der Waals surface area (Å²) in [6.07, 6.45) is 1.34. The Morgan fingerprint density at radius 2 is 2.21 bits per heavy atom. The maximum atomic E-state index is 12.0. The van der Waals surface area contributed by atoms with E-state index in [1.54, 1.807) is 0 Å². The van der Waals surface area contributed by atoms with Gasteiger partial charge in [0.05, 0.1) is 30.6 Å². The number of anilines is 1. The first-order chi connectivity index (χ1) is 9.06. The van der Waals surface area contributed by atoms with E-state index in [4.69, 9.17) is 10.00 Å². The minimum absolute atomic E-state index is 0.0566. The number of nitrogens with one attached hydrogen (secondary N) is 2.